The molecule has 0 bridgehead atoms. The van der Waals surface area contributed by atoms with E-state index in [2.05, 4.69) is 42.5 Å². The van der Waals surface area contributed by atoms with E-state index in [1.54, 1.807) is 40.9 Å². The molecule has 0 saturated carbocycles. The smallest absolute Gasteiger partial charge is 0.326 e. The molecule has 0 aliphatic rings. The normalized spacial score (nSPS) is 16.6. The fraction of sp³-hybridized carbons (Fsp3) is 0.778. The highest BCUT2D eigenvalue weighted by Crippen LogP contribution is 2.14. The van der Waals surface area contributed by atoms with Crippen LogP contribution in [0.15, 0.2) is 0 Å². The molecule has 0 aromatic heterocycles. The average molecular weight is 986 g/mol. The Kier molecular flexibility index (Phi) is 30.3. The number of carbonyl (C=O) groups is 10. The molecule has 0 aromatic carbocycles. The number of rotatable bonds is 34. The van der Waals surface area contributed by atoms with Gasteiger partial charge >= 0.3 is 5.97 Å². The molecule has 15 N–H and O–H groups in total. The van der Waals surface area contributed by atoms with Gasteiger partial charge < -0.3 is 64.8 Å². The van der Waals surface area contributed by atoms with Crippen LogP contribution in [0.2, 0.25) is 0 Å². The van der Waals surface area contributed by atoms with Crippen molar-refractivity contribution >= 4 is 70.9 Å². The Morgan fingerprint density at radius 3 is 1.40 bits per heavy atom. The quantitative estimate of drug-likeness (QED) is 0.0354. The van der Waals surface area contributed by atoms with Gasteiger partial charge in [0, 0.05) is 0 Å². The standard InChI is InChI=1S/C45H83N11O11S/c1-12-24(6)34(48)43(64)54-31(21-23(4)5)42(63)53-32(22-33(47)57)41(62)49-27(9)37(58)52-30(18-20-68-11)40(61)55-35(25(7)13-2)44(65)50-28(10)38(59)51-29(17-15-16-19-46)39(60)56-36(45(66)67)26(8)14-3/h23-32,34-36H,12-22,46,48H2,1-11H3,(H2,47,57)(H,49,62)(H,50,65)(H,51,59)(H,52,58)(H,53,63)(H,54,64)(H,55,61)(H,56,60)(H,66,67)/t24-,25-,26-,27-,28-,29-,30-,31-,32-,34-,35-,36-/m0/s1. The van der Waals surface area contributed by atoms with Crippen molar-refractivity contribution in [3.8, 4) is 0 Å². The van der Waals surface area contributed by atoms with Gasteiger partial charge in [0.15, 0.2) is 0 Å². The van der Waals surface area contributed by atoms with E-state index in [1.807, 2.05) is 20.8 Å². The second-order valence-corrected chi connectivity index (χ2v) is 19.0. The molecule has 0 radical (unpaired) electrons. The number of carboxylic acids is 1. The molecule has 390 valence electrons. The molecule has 0 rings (SSSR count). The molecule has 0 fully saturated rings. The van der Waals surface area contributed by atoms with Crippen molar-refractivity contribution in [1.82, 2.24) is 42.5 Å². The molecule has 68 heavy (non-hydrogen) atoms. The number of carbonyl (C=O) groups excluding carboxylic acids is 9. The van der Waals surface area contributed by atoms with Crippen molar-refractivity contribution in [3.63, 3.8) is 0 Å². The van der Waals surface area contributed by atoms with E-state index in [9.17, 15) is 53.1 Å². The minimum absolute atomic E-state index is 0.0767. The molecule has 12 atom stereocenters. The SMILES string of the molecule is CC[C@H](C)[C@H](N)C(=O)N[C@@H](CC(C)C)C(=O)N[C@@H](CC(N)=O)C(=O)N[C@@H](C)C(=O)N[C@@H](CCSC)C(=O)N[C@H](C(=O)N[C@@H](C)C(=O)N[C@@H](CCCCN)C(=O)N[C@H](C(=O)O)[C@@H](C)CC)[C@@H](C)CC. The number of hydrogen-bond donors (Lipinski definition) is 12. The first kappa shape index (κ1) is 63.0. The maximum Gasteiger partial charge on any atom is 0.326 e. The highest BCUT2D eigenvalue weighted by atomic mass is 32.2. The molecule has 23 heteroatoms. The zero-order valence-electron chi connectivity index (χ0n) is 42.0. The average Bonchev–Trinajstić information content (AvgIpc) is 3.28. The Labute approximate surface area is 406 Å². The van der Waals surface area contributed by atoms with E-state index in [0.717, 1.165) is 0 Å². The van der Waals surface area contributed by atoms with Gasteiger partial charge in [0.05, 0.1) is 12.5 Å². The molecular weight excluding hydrogens is 903 g/mol. The molecule has 0 saturated heterocycles. The van der Waals surface area contributed by atoms with Crippen LogP contribution in [0.5, 0.6) is 0 Å². The summed E-state index contributed by atoms with van der Waals surface area (Å²) in [6.07, 6.45) is 4.05. The Hall–Kier alpha value is -5.03. The van der Waals surface area contributed by atoms with Crippen LogP contribution < -0.4 is 59.7 Å². The summed E-state index contributed by atoms with van der Waals surface area (Å²) in [7, 11) is 0. The second-order valence-electron chi connectivity index (χ2n) is 18.1. The highest BCUT2D eigenvalue weighted by molar-refractivity contribution is 7.98. The number of nitrogens with two attached hydrogens (primary N) is 3. The molecule has 0 spiro atoms. The number of amides is 9. The van der Waals surface area contributed by atoms with Crippen LogP contribution in [0.1, 0.15) is 127 Å². The van der Waals surface area contributed by atoms with Gasteiger partial charge in [-0.15, -0.1) is 0 Å². The summed E-state index contributed by atoms with van der Waals surface area (Å²) in [6.45, 7) is 17.3. The molecule has 22 nitrogen and oxygen atoms in total. The van der Waals surface area contributed by atoms with Crippen molar-refractivity contribution in [1.29, 1.82) is 0 Å². The van der Waals surface area contributed by atoms with Crippen molar-refractivity contribution in [2.24, 2.45) is 40.9 Å². The van der Waals surface area contributed by atoms with Gasteiger partial charge in [-0.1, -0.05) is 74.7 Å². The van der Waals surface area contributed by atoms with E-state index in [1.165, 1.54) is 25.6 Å². The number of carboxylic acid groups (broad SMARTS) is 1. The third-order valence-corrected chi connectivity index (χ3v) is 12.5. The van der Waals surface area contributed by atoms with Crippen LogP contribution in [0.25, 0.3) is 0 Å². The van der Waals surface area contributed by atoms with E-state index in [-0.39, 0.29) is 31.1 Å². The number of primary amides is 1. The summed E-state index contributed by atoms with van der Waals surface area (Å²) in [6, 6.07) is -10.8. The molecule has 0 aliphatic carbocycles. The fourth-order valence-electron chi connectivity index (χ4n) is 6.67. The van der Waals surface area contributed by atoms with Crippen LogP contribution in [0.3, 0.4) is 0 Å². The van der Waals surface area contributed by atoms with E-state index in [0.29, 0.717) is 44.4 Å². The molecule has 0 unspecified atom stereocenters. The third-order valence-electron chi connectivity index (χ3n) is 11.8. The van der Waals surface area contributed by atoms with Crippen LogP contribution in [-0.2, 0) is 47.9 Å². The summed E-state index contributed by atoms with van der Waals surface area (Å²) in [5.41, 5.74) is 17.1. The van der Waals surface area contributed by atoms with Crippen LogP contribution in [0, 0.1) is 23.7 Å². The molecule has 0 heterocycles. The summed E-state index contributed by atoms with van der Waals surface area (Å²) in [5.74, 6) is -8.90. The van der Waals surface area contributed by atoms with Crippen molar-refractivity contribution in [2.45, 2.75) is 181 Å². The Balaban J connectivity index is 6.17. The first-order chi connectivity index (χ1) is 31.8. The monoisotopic (exact) mass is 986 g/mol. The Bertz CT molecular complexity index is 1690. The van der Waals surface area contributed by atoms with Crippen molar-refractivity contribution in [2.75, 3.05) is 18.6 Å². The number of hydrogen-bond acceptors (Lipinski definition) is 13. The van der Waals surface area contributed by atoms with Crippen LogP contribution in [0.4, 0.5) is 0 Å². The lowest BCUT2D eigenvalue weighted by molar-refractivity contribution is -0.144. The van der Waals surface area contributed by atoms with Gasteiger partial charge in [0.2, 0.25) is 53.2 Å². The summed E-state index contributed by atoms with van der Waals surface area (Å²) >= 11 is 1.38. The topological polar surface area (TPSA) is 365 Å². The number of thioether (sulfide) groups is 1. The van der Waals surface area contributed by atoms with Gasteiger partial charge in [-0.25, -0.2) is 4.79 Å². The number of nitrogens with one attached hydrogen (secondary N) is 8. The van der Waals surface area contributed by atoms with E-state index < -0.39 is 132 Å². The minimum Gasteiger partial charge on any atom is -0.480 e. The first-order valence-corrected chi connectivity index (χ1v) is 25.1. The predicted molar refractivity (Wildman–Crippen MR) is 260 cm³/mol. The van der Waals surface area contributed by atoms with Gasteiger partial charge in [-0.3, -0.25) is 43.2 Å². The van der Waals surface area contributed by atoms with Gasteiger partial charge in [0.1, 0.15) is 48.3 Å². The molecule has 0 aliphatic heterocycles. The summed E-state index contributed by atoms with van der Waals surface area (Å²) < 4.78 is 0. The minimum atomic E-state index is -1.54. The predicted octanol–water partition coefficient (Wildman–Crippen LogP) is -0.742. The summed E-state index contributed by atoms with van der Waals surface area (Å²) in [5, 5.41) is 30.3. The van der Waals surface area contributed by atoms with Gasteiger partial charge in [0.25, 0.3) is 0 Å². The van der Waals surface area contributed by atoms with Crippen LogP contribution >= 0.6 is 11.8 Å². The number of aliphatic carboxylic acids is 1. The molecule has 9 amide bonds. The lowest BCUT2D eigenvalue weighted by Crippen LogP contribution is -2.61. The zero-order chi connectivity index (χ0) is 52.4. The zero-order valence-corrected chi connectivity index (χ0v) is 42.8. The van der Waals surface area contributed by atoms with E-state index >= 15 is 0 Å². The fourth-order valence-corrected chi connectivity index (χ4v) is 7.14. The number of unbranched alkanes of at least 4 members (excludes halogenated alkanes) is 1. The largest absolute Gasteiger partial charge is 0.480 e. The van der Waals surface area contributed by atoms with Crippen LogP contribution in [-0.4, -0.2) is 137 Å². The molecular formula is C45H83N11O11S. The Morgan fingerprint density at radius 2 is 0.941 bits per heavy atom. The van der Waals surface area contributed by atoms with E-state index in [4.69, 9.17) is 17.2 Å². The van der Waals surface area contributed by atoms with Crippen molar-refractivity contribution in [3.05, 3.63) is 0 Å². The van der Waals surface area contributed by atoms with Gasteiger partial charge in [-0.05, 0) is 88.2 Å². The highest BCUT2D eigenvalue weighted by Gasteiger charge is 2.36. The maximum atomic E-state index is 13.9. The second kappa shape index (κ2) is 32.7. The lowest BCUT2D eigenvalue weighted by Gasteiger charge is -2.29. The Morgan fingerprint density at radius 1 is 0.515 bits per heavy atom. The lowest BCUT2D eigenvalue weighted by atomic mass is 9.97. The van der Waals surface area contributed by atoms with Gasteiger partial charge in [-0.2, -0.15) is 11.8 Å². The third kappa shape index (κ3) is 22.8. The first-order valence-electron chi connectivity index (χ1n) is 23.7. The molecule has 0 aromatic rings. The van der Waals surface area contributed by atoms with Crippen molar-refractivity contribution < 1.29 is 53.1 Å². The summed E-state index contributed by atoms with van der Waals surface area (Å²) in [4.78, 5) is 132. The maximum absolute atomic E-state index is 13.9.